The summed E-state index contributed by atoms with van der Waals surface area (Å²) in [6.07, 6.45) is 0. The molecule has 2 rings (SSSR count). The van der Waals surface area contributed by atoms with Crippen LogP contribution in [0.2, 0.25) is 0 Å². The van der Waals surface area contributed by atoms with Crippen molar-refractivity contribution in [2.24, 2.45) is 5.73 Å². The van der Waals surface area contributed by atoms with Gasteiger partial charge in [0, 0.05) is 18.6 Å². The highest BCUT2D eigenvalue weighted by atomic mass is 16.4. The molecule has 5 nitrogen and oxygen atoms in total. The van der Waals surface area contributed by atoms with Gasteiger partial charge in [-0.3, -0.25) is 4.98 Å². The van der Waals surface area contributed by atoms with E-state index in [2.05, 4.69) is 10.3 Å². The van der Waals surface area contributed by atoms with Gasteiger partial charge in [0.2, 0.25) is 0 Å². The number of nitrogens with two attached hydrogens (primary N) is 1. The third-order valence-electron chi connectivity index (χ3n) is 2.40. The highest BCUT2D eigenvalue weighted by Crippen LogP contribution is 2.12. The van der Waals surface area contributed by atoms with E-state index in [1.54, 1.807) is 0 Å². The minimum absolute atomic E-state index is 0.231. The molecule has 1 aromatic heterocycles. The Morgan fingerprint density at radius 3 is 2.94 bits per heavy atom. The summed E-state index contributed by atoms with van der Waals surface area (Å²) in [4.78, 5) is 13.6. The van der Waals surface area contributed by atoms with Crippen LogP contribution in [0.1, 0.15) is 19.4 Å². The fourth-order valence-electron chi connectivity index (χ4n) is 1.63. The molecule has 0 saturated heterocycles. The molecule has 17 heavy (non-hydrogen) atoms. The van der Waals surface area contributed by atoms with E-state index < -0.39 is 5.76 Å². The predicted octanol–water partition coefficient (Wildman–Crippen LogP) is 0.948. The number of hydrogen-bond donors (Lipinski definition) is 3. The maximum absolute atomic E-state index is 11.0. The van der Waals surface area contributed by atoms with Crippen LogP contribution in [0.5, 0.6) is 0 Å². The van der Waals surface area contributed by atoms with Gasteiger partial charge in [0.25, 0.3) is 0 Å². The second kappa shape index (κ2) is 4.35. The molecular weight excluding hydrogens is 218 g/mol. The Balaban J connectivity index is 2.06. The van der Waals surface area contributed by atoms with Crippen molar-refractivity contribution < 1.29 is 4.42 Å². The molecule has 0 spiro atoms. The minimum Gasteiger partial charge on any atom is -0.408 e. The van der Waals surface area contributed by atoms with Gasteiger partial charge in [-0.1, -0.05) is 6.07 Å². The van der Waals surface area contributed by atoms with Crippen LogP contribution in [0, 0.1) is 0 Å². The second-order valence-electron chi connectivity index (χ2n) is 4.94. The van der Waals surface area contributed by atoms with Crippen molar-refractivity contribution in [3.05, 3.63) is 34.3 Å². The Bertz CT molecular complexity index is 563. The SMILES string of the molecule is CC(C)(N)CNCc1ccc2[nH]c(=O)oc2c1. The van der Waals surface area contributed by atoms with E-state index in [-0.39, 0.29) is 5.54 Å². The zero-order valence-electron chi connectivity index (χ0n) is 10.0. The lowest BCUT2D eigenvalue weighted by Gasteiger charge is -2.18. The van der Waals surface area contributed by atoms with Gasteiger partial charge in [0.1, 0.15) is 0 Å². The predicted molar refractivity (Wildman–Crippen MR) is 66.8 cm³/mol. The van der Waals surface area contributed by atoms with Gasteiger partial charge in [-0.2, -0.15) is 0 Å². The number of hydrogen-bond acceptors (Lipinski definition) is 4. The first-order chi connectivity index (χ1) is 7.94. The Hall–Kier alpha value is -1.59. The monoisotopic (exact) mass is 235 g/mol. The van der Waals surface area contributed by atoms with Crippen LogP contribution >= 0.6 is 0 Å². The van der Waals surface area contributed by atoms with Crippen LogP contribution in [0.15, 0.2) is 27.4 Å². The molecule has 0 radical (unpaired) electrons. The van der Waals surface area contributed by atoms with Crippen molar-refractivity contribution in [1.82, 2.24) is 10.3 Å². The van der Waals surface area contributed by atoms with E-state index in [0.717, 1.165) is 17.6 Å². The lowest BCUT2D eigenvalue weighted by Crippen LogP contribution is -2.42. The molecule has 0 aliphatic carbocycles. The van der Waals surface area contributed by atoms with E-state index in [9.17, 15) is 4.79 Å². The van der Waals surface area contributed by atoms with Gasteiger partial charge in [-0.25, -0.2) is 4.79 Å². The van der Waals surface area contributed by atoms with E-state index >= 15 is 0 Å². The van der Waals surface area contributed by atoms with Crippen LogP contribution in [-0.4, -0.2) is 17.1 Å². The number of fused-ring (bicyclic) bond motifs is 1. The molecule has 5 heteroatoms. The Morgan fingerprint density at radius 2 is 2.24 bits per heavy atom. The Labute approximate surface area is 99.0 Å². The van der Waals surface area contributed by atoms with Crippen molar-refractivity contribution in [3.8, 4) is 0 Å². The first-order valence-electron chi connectivity index (χ1n) is 5.55. The molecule has 0 amide bonds. The van der Waals surface area contributed by atoms with E-state index in [4.69, 9.17) is 10.2 Å². The molecule has 92 valence electrons. The summed E-state index contributed by atoms with van der Waals surface area (Å²) in [5.74, 6) is -0.423. The largest absolute Gasteiger partial charge is 0.417 e. The molecule has 0 fully saturated rings. The standard InChI is InChI=1S/C12H17N3O2/c1-12(2,13)7-14-6-8-3-4-9-10(5-8)17-11(16)15-9/h3-5,14H,6-7,13H2,1-2H3,(H,15,16). The number of aromatic nitrogens is 1. The number of benzene rings is 1. The number of nitrogens with one attached hydrogen (secondary N) is 2. The molecule has 0 bridgehead atoms. The second-order valence-corrected chi connectivity index (χ2v) is 4.94. The molecule has 0 atom stereocenters. The Morgan fingerprint density at radius 1 is 1.47 bits per heavy atom. The lowest BCUT2D eigenvalue weighted by atomic mass is 10.1. The molecule has 4 N–H and O–H groups in total. The van der Waals surface area contributed by atoms with Crippen molar-refractivity contribution >= 4 is 11.1 Å². The average molecular weight is 235 g/mol. The lowest BCUT2D eigenvalue weighted by molar-refractivity contribution is 0.466. The summed E-state index contributed by atoms with van der Waals surface area (Å²) in [5.41, 5.74) is 8.00. The number of rotatable bonds is 4. The summed E-state index contributed by atoms with van der Waals surface area (Å²) in [7, 11) is 0. The third kappa shape index (κ3) is 3.18. The van der Waals surface area contributed by atoms with Crippen LogP contribution < -0.4 is 16.8 Å². The van der Waals surface area contributed by atoms with Crippen LogP contribution in [0.3, 0.4) is 0 Å². The van der Waals surface area contributed by atoms with E-state index in [1.165, 1.54) is 0 Å². The van der Waals surface area contributed by atoms with Gasteiger partial charge in [-0.05, 0) is 31.5 Å². The quantitative estimate of drug-likeness (QED) is 0.736. The first-order valence-corrected chi connectivity index (χ1v) is 5.55. The topological polar surface area (TPSA) is 84.0 Å². The maximum atomic E-state index is 11.0. The highest BCUT2D eigenvalue weighted by Gasteiger charge is 2.09. The molecule has 0 saturated carbocycles. The first kappa shape index (κ1) is 11.9. The van der Waals surface area contributed by atoms with Gasteiger partial charge in [0.05, 0.1) is 5.52 Å². The minimum atomic E-state index is -0.423. The zero-order valence-corrected chi connectivity index (χ0v) is 10.0. The van der Waals surface area contributed by atoms with Crippen molar-refractivity contribution in [1.29, 1.82) is 0 Å². The molecule has 1 aromatic carbocycles. The average Bonchev–Trinajstić information content (AvgIpc) is 2.55. The third-order valence-corrected chi connectivity index (χ3v) is 2.40. The summed E-state index contributed by atoms with van der Waals surface area (Å²) in [5, 5.41) is 3.26. The van der Waals surface area contributed by atoms with E-state index in [1.807, 2.05) is 32.0 Å². The highest BCUT2D eigenvalue weighted by molar-refractivity contribution is 5.72. The van der Waals surface area contributed by atoms with Crippen molar-refractivity contribution in [2.45, 2.75) is 25.9 Å². The maximum Gasteiger partial charge on any atom is 0.417 e. The number of oxazole rings is 1. The van der Waals surface area contributed by atoms with Gasteiger partial charge in [0.15, 0.2) is 5.58 Å². The van der Waals surface area contributed by atoms with Gasteiger partial charge < -0.3 is 15.5 Å². The summed E-state index contributed by atoms with van der Waals surface area (Å²) >= 11 is 0. The molecule has 0 aliphatic rings. The fourth-order valence-corrected chi connectivity index (χ4v) is 1.63. The van der Waals surface area contributed by atoms with Crippen LogP contribution in [0.4, 0.5) is 0 Å². The smallest absolute Gasteiger partial charge is 0.408 e. The fraction of sp³-hybridized carbons (Fsp3) is 0.417. The van der Waals surface area contributed by atoms with Gasteiger partial charge >= 0.3 is 5.76 Å². The molecular formula is C12H17N3O2. The summed E-state index contributed by atoms with van der Waals surface area (Å²) in [6.45, 7) is 5.36. The number of aromatic amines is 1. The van der Waals surface area contributed by atoms with Crippen LogP contribution in [-0.2, 0) is 6.54 Å². The molecule has 0 unspecified atom stereocenters. The summed E-state index contributed by atoms with van der Waals surface area (Å²) < 4.78 is 4.99. The molecule has 1 heterocycles. The molecule has 0 aliphatic heterocycles. The van der Waals surface area contributed by atoms with Crippen molar-refractivity contribution in [3.63, 3.8) is 0 Å². The van der Waals surface area contributed by atoms with E-state index in [0.29, 0.717) is 12.1 Å². The summed E-state index contributed by atoms with van der Waals surface area (Å²) in [6, 6.07) is 5.64. The zero-order chi connectivity index (χ0) is 12.5. The Kier molecular flexibility index (Phi) is 3.04. The van der Waals surface area contributed by atoms with Gasteiger partial charge in [-0.15, -0.1) is 0 Å². The van der Waals surface area contributed by atoms with Crippen molar-refractivity contribution in [2.75, 3.05) is 6.54 Å². The normalized spacial score (nSPS) is 12.2. The number of H-pyrrole nitrogens is 1. The molecule has 2 aromatic rings. The van der Waals surface area contributed by atoms with Crippen LogP contribution in [0.25, 0.3) is 11.1 Å².